The van der Waals surface area contributed by atoms with Crippen LogP contribution in [0.4, 0.5) is 0 Å². The molecule has 0 saturated heterocycles. The van der Waals surface area contributed by atoms with E-state index in [-0.39, 0.29) is 11.9 Å². The molecule has 0 aromatic heterocycles. The lowest BCUT2D eigenvalue weighted by Crippen LogP contribution is -2.38. The Kier molecular flexibility index (Phi) is 8.16. The van der Waals surface area contributed by atoms with Gasteiger partial charge in [-0.05, 0) is 33.3 Å². The van der Waals surface area contributed by atoms with Crippen molar-refractivity contribution in [3.8, 4) is 0 Å². The molecule has 0 spiro atoms. The number of amides is 1. The van der Waals surface area contributed by atoms with Crippen molar-refractivity contribution in [2.45, 2.75) is 46.7 Å². The lowest BCUT2D eigenvalue weighted by molar-refractivity contribution is -0.121. The fourth-order valence-electron chi connectivity index (χ4n) is 2.17. The maximum atomic E-state index is 11.7. The van der Waals surface area contributed by atoms with Crippen molar-refractivity contribution in [3.63, 3.8) is 0 Å². The lowest BCUT2D eigenvalue weighted by atomic mass is 10.1. The average Bonchev–Trinajstić information content (AvgIpc) is 2.48. The molecule has 0 aliphatic heterocycles. The molecule has 128 valence electrons. The second-order valence-electron chi connectivity index (χ2n) is 6.05. The van der Waals surface area contributed by atoms with E-state index in [1.165, 1.54) is 11.1 Å². The Bertz CT molecular complexity index is 508. The molecule has 0 aliphatic rings. The third-order valence-electron chi connectivity index (χ3n) is 3.29. The monoisotopic (exact) mass is 318 g/mol. The number of hydrogen-bond donors (Lipinski definition) is 2. The van der Waals surface area contributed by atoms with Crippen LogP contribution in [0.1, 0.15) is 38.3 Å². The first kappa shape index (κ1) is 19.0. The fourth-order valence-corrected chi connectivity index (χ4v) is 2.17. The number of nitrogens with zero attached hydrogens (tertiary/aromatic N) is 2. The Hall–Kier alpha value is -2.04. The summed E-state index contributed by atoms with van der Waals surface area (Å²) in [7, 11) is 2.01. The molecule has 23 heavy (non-hydrogen) atoms. The maximum Gasteiger partial charge on any atom is 0.222 e. The molecular formula is C18H30N4O. The highest BCUT2D eigenvalue weighted by molar-refractivity contribution is 5.80. The Balaban J connectivity index is 2.59. The van der Waals surface area contributed by atoms with Gasteiger partial charge in [-0.25, -0.2) is 0 Å². The summed E-state index contributed by atoms with van der Waals surface area (Å²) in [5.74, 6) is 0.867. The largest absolute Gasteiger partial charge is 0.357 e. The summed E-state index contributed by atoms with van der Waals surface area (Å²) < 4.78 is 0. The first-order valence-corrected chi connectivity index (χ1v) is 8.26. The van der Waals surface area contributed by atoms with Gasteiger partial charge in [0.05, 0.1) is 6.54 Å². The van der Waals surface area contributed by atoms with E-state index >= 15 is 0 Å². The van der Waals surface area contributed by atoms with Gasteiger partial charge in [-0.15, -0.1) is 0 Å². The van der Waals surface area contributed by atoms with Crippen LogP contribution in [0.2, 0.25) is 0 Å². The minimum Gasteiger partial charge on any atom is -0.357 e. The van der Waals surface area contributed by atoms with E-state index in [4.69, 9.17) is 0 Å². The molecule has 0 saturated carbocycles. The molecule has 0 radical (unpaired) electrons. The van der Waals surface area contributed by atoms with Crippen molar-refractivity contribution in [1.29, 1.82) is 0 Å². The van der Waals surface area contributed by atoms with Gasteiger partial charge in [-0.3, -0.25) is 9.79 Å². The Labute approximate surface area is 140 Å². The predicted molar refractivity (Wildman–Crippen MR) is 96.5 cm³/mol. The van der Waals surface area contributed by atoms with Crippen LogP contribution in [-0.4, -0.2) is 42.9 Å². The van der Waals surface area contributed by atoms with Crippen molar-refractivity contribution < 1.29 is 4.79 Å². The van der Waals surface area contributed by atoms with Crippen molar-refractivity contribution in [2.75, 3.05) is 20.1 Å². The molecule has 0 unspecified atom stereocenters. The lowest BCUT2D eigenvalue weighted by Gasteiger charge is -2.22. The van der Waals surface area contributed by atoms with E-state index in [1.807, 2.05) is 27.8 Å². The summed E-state index contributed by atoms with van der Waals surface area (Å²) in [5.41, 5.74) is 2.49. The molecule has 0 aliphatic carbocycles. The molecule has 1 aromatic rings. The van der Waals surface area contributed by atoms with E-state index in [2.05, 4.69) is 51.7 Å². The number of aryl methyl sites for hydroxylation is 1. The molecule has 0 heterocycles. The van der Waals surface area contributed by atoms with Crippen molar-refractivity contribution in [1.82, 2.24) is 15.5 Å². The predicted octanol–water partition coefficient (Wildman–Crippen LogP) is 2.31. The zero-order valence-electron chi connectivity index (χ0n) is 15.0. The van der Waals surface area contributed by atoms with Crippen LogP contribution in [0.3, 0.4) is 0 Å². The van der Waals surface area contributed by atoms with Gasteiger partial charge in [0.1, 0.15) is 0 Å². The molecule has 2 N–H and O–H groups in total. The van der Waals surface area contributed by atoms with Gasteiger partial charge in [-0.1, -0.05) is 29.8 Å². The van der Waals surface area contributed by atoms with E-state index in [0.29, 0.717) is 13.0 Å². The number of nitrogens with one attached hydrogen (secondary N) is 2. The minimum atomic E-state index is 0.0424. The van der Waals surface area contributed by atoms with E-state index < -0.39 is 0 Å². The van der Waals surface area contributed by atoms with Crippen molar-refractivity contribution in [2.24, 2.45) is 4.99 Å². The molecule has 5 nitrogen and oxygen atoms in total. The molecular weight excluding hydrogens is 288 g/mol. The number of carbonyl (C=O) groups excluding carboxylic acids is 1. The van der Waals surface area contributed by atoms with Gasteiger partial charge in [-0.2, -0.15) is 0 Å². The van der Waals surface area contributed by atoms with E-state index in [1.54, 1.807) is 0 Å². The smallest absolute Gasteiger partial charge is 0.222 e. The minimum absolute atomic E-state index is 0.0424. The molecule has 5 heteroatoms. The summed E-state index contributed by atoms with van der Waals surface area (Å²) in [5, 5.41) is 6.15. The standard InChI is InChI=1S/C18H30N4O/c1-6-19-18(20-12-11-17(23)21-14(2)3)22(5)13-16-9-7-15(4)8-10-16/h7-10,14H,6,11-13H2,1-5H3,(H,19,20)(H,21,23). The van der Waals surface area contributed by atoms with E-state index in [0.717, 1.165) is 19.0 Å². The number of carbonyl (C=O) groups is 1. The fraction of sp³-hybridized carbons (Fsp3) is 0.556. The molecule has 0 bridgehead atoms. The van der Waals surface area contributed by atoms with Crippen LogP contribution in [0.5, 0.6) is 0 Å². The van der Waals surface area contributed by atoms with Gasteiger partial charge >= 0.3 is 0 Å². The van der Waals surface area contributed by atoms with Crippen LogP contribution in [0.15, 0.2) is 29.3 Å². The highest BCUT2D eigenvalue weighted by Crippen LogP contribution is 2.06. The molecule has 1 aromatic carbocycles. The van der Waals surface area contributed by atoms with Gasteiger partial charge in [0.25, 0.3) is 0 Å². The van der Waals surface area contributed by atoms with Gasteiger partial charge in [0.15, 0.2) is 5.96 Å². The van der Waals surface area contributed by atoms with Crippen LogP contribution in [0.25, 0.3) is 0 Å². The third-order valence-corrected chi connectivity index (χ3v) is 3.29. The topological polar surface area (TPSA) is 56.7 Å². The first-order valence-electron chi connectivity index (χ1n) is 8.26. The number of hydrogen-bond acceptors (Lipinski definition) is 2. The first-order chi connectivity index (χ1) is 10.9. The number of aliphatic imine (C=N–C) groups is 1. The zero-order valence-corrected chi connectivity index (χ0v) is 15.0. The van der Waals surface area contributed by atoms with Crippen molar-refractivity contribution in [3.05, 3.63) is 35.4 Å². The van der Waals surface area contributed by atoms with Gasteiger partial charge < -0.3 is 15.5 Å². The van der Waals surface area contributed by atoms with Crippen LogP contribution >= 0.6 is 0 Å². The highest BCUT2D eigenvalue weighted by Gasteiger charge is 2.07. The maximum absolute atomic E-state index is 11.7. The summed E-state index contributed by atoms with van der Waals surface area (Å²) in [6, 6.07) is 8.66. The van der Waals surface area contributed by atoms with Crippen LogP contribution in [0, 0.1) is 6.92 Å². The van der Waals surface area contributed by atoms with Gasteiger partial charge in [0, 0.05) is 32.6 Å². The summed E-state index contributed by atoms with van der Waals surface area (Å²) in [6.07, 6.45) is 0.408. The zero-order chi connectivity index (χ0) is 17.2. The normalized spacial score (nSPS) is 11.5. The van der Waals surface area contributed by atoms with E-state index in [9.17, 15) is 4.79 Å². The quantitative estimate of drug-likeness (QED) is 0.599. The van der Waals surface area contributed by atoms with Gasteiger partial charge in [0.2, 0.25) is 5.91 Å². The third kappa shape index (κ3) is 7.68. The second-order valence-corrected chi connectivity index (χ2v) is 6.05. The number of guanidine groups is 1. The Morgan fingerprint density at radius 3 is 2.48 bits per heavy atom. The highest BCUT2D eigenvalue weighted by atomic mass is 16.1. The summed E-state index contributed by atoms with van der Waals surface area (Å²) in [4.78, 5) is 18.3. The van der Waals surface area contributed by atoms with Crippen LogP contribution < -0.4 is 10.6 Å². The summed E-state index contributed by atoms with van der Waals surface area (Å²) >= 11 is 0. The van der Waals surface area contributed by atoms with Crippen LogP contribution in [-0.2, 0) is 11.3 Å². The SMILES string of the molecule is CCNC(=NCCC(=O)NC(C)C)N(C)Cc1ccc(C)cc1. The molecule has 1 amide bonds. The molecule has 1 rings (SSSR count). The number of rotatable bonds is 7. The number of benzene rings is 1. The van der Waals surface area contributed by atoms with Crippen molar-refractivity contribution >= 4 is 11.9 Å². The summed E-state index contributed by atoms with van der Waals surface area (Å²) in [6.45, 7) is 10.1. The second kappa shape index (κ2) is 9.87. The molecule has 0 atom stereocenters. The molecule has 0 fully saturated rings. The Morgan fingerprint density at radius 2 is 1.91 bits per heavy atom. The average molecular weight is 318 g/mol. The Morgan fingerprint density at radius 1 is 1.26 bits per heavy atom.